The fraction of sp³-hybridized carbons (Fsp3) is 0.214. The Kier molecular flexibility index (Phi) is 3.00. The van der Waals surface area contributed by atoms with Crippen LogP contribution in [0.25, 0.3) is 11.3 Å². The molecule has 0 saturated carbocycles. The van der Waals surface area contributed by atoms with E-state index < -0.39 is 0 Å². The van der Waals surface area contributed by atoms with Crippen molar-refractivity contribution in [2.24, 2.45) is 0 Å². The van der Waals surface area contributed by atoms with Gasteiger partial charge >= 0.3 is 0 Å². The minimum atomic E-state index is 0.227. The average molecular weight is 226 g/mol. The largest absolute Gasteiger partial charge is 0.294 e. The van der Waals surface area contributed by atoms with E-state index in [9.17, 15) is 4.79 Å². The van der Waals surface area contributed by atoms with E-state index >= 15 is 0 Å². The molecular formula is C14H14N2O. The van der Waals surface area contributed by atoms with Gasteiger partial charge in [0.1, 0.15) is 0 Å². The molecule has 0 unspecified atom stereocenters. The minimum absolute atomic E-state index is 0.227. The Hall–Kier alpha value is -2.03. The molecule has 0 fully saturated rings. The zero-order valence-electron chi connectivity index (χ0n) is 10.2. The molecule has 0 N–H and O–H groups in total. The van der Waals surface area contributed by atoms with Crippen molar-refractivity contribution in [1.29, 1.82) is 0 Å². The summed E-state index contributed by atoms with van der Waals surface area (Å²) < 4.78 is 0. The number of aldehydes is 1. The lowest BCUT2D eigenvalue weighted by Gasteiger charge is -2.09. The fourth-order valence-electron chi connectivity index (χ4n) is 1.86. The molecule has 0 radical (unpaired) electrons. The molecule has 0 saturated heterocycles. The number of carbonyl (C=O) groups is 1. The second-order valence-corrected chi connectivity index (χ2v) is 4.20. The highest BCUT2D eigenvalue weighted by atomic mass is 16.1. The number of benzene rings is 1. The van der Waals surface area contributed by atoms with E-state index in [2.05, 4.69) is 23.0 Å². The molecule has 17 heavy (non-hydrogen) atoms. The van der Waals surface area contributed by atoms with Crippen LogP contribution in [0.4, 0.5) is 0 Å². The van der Waals surface area contributed by atoms with Gasteiger partial charge in [-0.2, -0.15) is 0 Å². The van der Waals surface area contributed by atoms with Crippen LogP contribution in [0.15, 0.2) is 24.4 Å². The van der Waals surface area contributed by atoms with Crippen LogP contribution in [0, 0.1) is 20.8 Å². The van der Waals surface area contributed by atoms with Crippen molar-refractivity contribution in [2.45, 2.75) is 20.8 Å². The lowest BCUT2D eigenvalue weighted by molar-refractivity contribution is 0.111. The third-order valence-corrected chi connectivity index (χ3v) is 2.73. The fourth-order valence-corrected chi connectivity index (χ4v) is 1.86. The first-order valence-electron chi connectivity index (χ1n) is 5.48. The van der Waals surface area contributed by atoms with Crippen LogP contribution >= 0.6 is 0 Å². The van der Waals surface area contributed by atoms with Crippen molar-refractivity contribution in [2.75, 3.05) is 0 Å². The molecule has 0 aliphatic rings. The highest BCUT2D eigenvalue weighted by Crippen LogP contribution is 2.24. The van der Waals surface area contributed by atoms with E-state index in [0.29, 0.717) is 6.29 Å². The number of carbonyl (C=O) groups excluding carboxylic acids is 1. The van der Waals surface area contributed by atoms with Gasteiger partial charge in [-0.15, -0.1) is 0 Å². The lowest BCUT2D eigenvalue weighted by atomic mass is 10.0. The van der Waals surface area contributed by atoms with Crippen LogP contribution in [0.5, 0.6) is 0 Å². The summed E-state index contributed by atoms with van der Waals surface area (Å²) in [5, 5.41) is 0. The molecule has 0 bridgehead atoms. The second-order valence-electron chi connectivity index (χ2n) is 4.20. The summed E-state index contributed by atoms with van der Waals surface area (Å²) in [6, 6.07) is 6.19. The summed E-state index contributed by atoms with van der Waals surface area (Å²) in [7, 11) is 0. The van der Waals surface area contributed by atoms with Crippen molar-refractivity contribution in [3.05, 3.63) is 46.9 Å². The number of nitrogens with zero attached hydrogens (tertiary/aromatic N) is 2. The Morgan fingerprint density at radius 1 is 1.12 bits per heavy atom. The normalized spacial score (nSPS) is 10.3. The Balaban J connectivity index is 2.63. The molecule has 0 amide bonds. The third-order valence-electron chi connectivity index (χ3n) is 2.73. The van der Waals surface area contributed by atoms with Crippen molar-refractivity contribution in [1.82, 2.24) is 9.97 Å². The van der Waals surface area contributed by atoms with Crippen LogP contribution in [0.2, 0.25) is 0 Å². The van der Waals surface area contributed by atoms with E-state index in [1.807, 2.05) is 26.0 Å². The topological polar surface area (TPSA) is 42.9 Å². The van der Waals surface area contributed by atoms with Gasteiger partial charge in [0.15, 0.2) is 12.1 Å². The maximum Gasteiger partial charge on any atom is 0.193 e. The number of rotatable bonds is 2. The third kappa shape index (κ3) is 2.23. The molecule has 2 rings (SSSR count). The molecule has 0 spiro atoms. The Bertz CT molecular complexity index is 576. The monoisotopic (exact) mass is 226 g/mol. The molecule has 0 aliphatic carbocycles. The number of aryl methyl sites for hydroxylation is 3. The van der Waals surface area contributed by atoms with E-state index in [1.54, 1.807) is 6.20 Å². The average Bonchev–Trinajstić information content (AvgIpc) is 2.30. The van der Waals surface area contributed by atoms with Crippen LogP contribution in [-0.4, -0.2) is 16.3 Å². The SMILES string of the molecule is Cc1ccc(-c2nc(C=O)ncc2C)c(C)c1. The highest BCUT2D eigenvalue weighted by Gasteiger charge is 2.08. The molecule has 0 aliphatic heterocycles. The standard InChI is InChI=1S/C14H14N2O/c1-9-4-5-12(10(2)6-9)14-11(3)7-15-13(8-17)16-14/h4-8H,1-3H3. The maximum atomic E-state index is 10.7. The van der Waals surface area contributed by atoms with Crippen molar-refractivity contribution < 1.29 is 4.79 Å². The van der Waals surface area contributed by atoms with Crippen molar-refractivity contribution in [3.8, 4) is 11.3 Å². The summed E-state index contributed by atoms with van der Waals surface area (Å²) in [4.78, 5) is 18.9. The van der Waals surface area contributed by atoms with Crippen LogP contribution < -0.4 is 0 Å². The zero-order chi connectivity index (χ0) is 12.4. The highest BCUT2D eigenvalue weighted by molar-refractivity contribution is 5.73. The molecule has 1 aromatic carbocycles. The van der Waals surface area contributed by atoms with Gasteiger partial charge in [0.25, 0.3) is 0 Å². The Morgan fingerprint density at radius 3 is 2.53 bits per heavy atom. The predicted molar refractivity (Wildman–Crippen MR) is 67.1 cm³/mol. The van der Waals surface area contributed by atoms with Crippen molar-refractivity contribution in [3.63, 3.8) is 0 Å². The van der Waals surface area contributed by atoms with Gasteiger partial charge in [0.05, 0.1) is 5.69 Å². The first-order chi connectivity index (χ1) is 8.11. The molecule has 86 valence electrons. The molecule has 3 heteroatoms. The smallest absolute Gasteiger partial charge is 0.193 e. The molecule has 0 atom stereocenters. The Morgan fingerprint density at radius 2 is 1.88 bits per heavy atom. The number of hydrogen-bond acceptors (Lipinski definition) is 3. The number of aromatic nitrogens is 2. The summed E-state index contributed by atoms with van der Waals surface area (Å²) in [6.45, 7) is 6.05. The Labute approximate surface area is 101 Å². The molecule has 2 aromatic rings. The van der Waals surface area contributed by atoms with E-state index in [0.717, 1.165) is 22.4 Å². The maximum absolute atomic E-state index is 10.7. The zero-order valence-corrected chi connectivity index (χ0v) is 10.2. The van der Waals surface area contributed by atoms with E-state index in [1.165, 1.54) is 5.56 Å². The quantitative estimate of drug-likeness (QED) is 0.739. The van der Waals surface area contributed by atoms with Crippen LogP contribution in [-0.2, 0) is 0 Å². The second kappa shape index (κ2) is 4.45. The molecule has 1 aromatic heterocycles. The summed E-state index contributed by atoms with van der Waals surface area (Å²) in [5.74, 6) is 0.227. The van der Waals surface area contributed by atoms with E-state index in [4.69, 9.17) is 0 Å². The predicted octanol–water partition coefficient (Wildman–Crippen LogP) is 2.88. The van der Waals surface area contributed by atoms with Gasteiger partial charge in [-0.25, -0.2) is 9.97 Å². The van der Waals surface area contributed by atoms with Gasteiger partial charge in [-0.3, -0.25) is 4.79 Å². The van der Waals surface area contributed by atoms with Gasteiger partial charge in [0, 0.05) is 11.8 Å². The lowest BCUT2D eigenvalue weighted by Crippen LogP contribution is -1.98. The van der Waals surface area contributed by atoms with Crippen LogP contribution in [0.3, 0.4) is 0 Å². The van der Waals surface area contributed by atoms with Crippen LogP contribution in [0.1, 0.15) is 27.3 Å². The summed E-state index contributed by atoms with van der Waals surface area (Å²) >= 11 is 0. The van der Waals surface area contributed by atoms with Gasteiger partial charge in [-0.05, 0) is 31.9 Å². The summed E-state index contributed by atoms with van der Waals surface area (Å²) in [5.41, 5.74) is 5.23. The van der Waals surface area contributed by atoms with Gasteiger partial charge in [0.2, 0.25) is 0 Å². The molecular weight excluding hydrogens is 212 g/mol. The van der Waals surface area contributed by atoms with E-state index in [-0.39, 0.29) is 5.82 Å². The first-order valence-corrected chi connectivity index (χ1v) is 5.48. The van der Waals surface area contributed by atoms with Gasteiger partial charge in [-0.1, -0.05) is 23.8 Å². The molecule has 3 nitrogen and oxygen atoms in total. The minimum Gasteiger partial charge on any atom is -0.294 e. The first kappa shape index (κ1) is 11.5. The molecule has 1 heterocycles. The van der Waals surface area contributed by atoms with Gasteiger partial charge < -0.3 is 0 Å². The number of hydrogen-bond donors (Lipinski definition) is 0. The van der Waals surface area contributed by atoms with Crippen molar-refractivity contribution >= 4 is 6.29 Å². The summed E-state index contributed by atoms with van der Waals surface area (Å²) in [6.07, 6.45) is 2.36.